The van der Waals surface area contributed by atoms with Crippen LogP contribution in [0.1, 0.15) is 13.3 Å². The zero-order valence-corrected chi connectivity index (χ0v) is 9.04. The van der Waals surface area contributed by atoms with Gasteiger partial charge in [-0.15, -0.1) is 0 Å². The Morgan fingerprint density at radius 1 is 1.69 bits per heavy atom. The lowest BCUT2D eigenvalue weighted by atomic mass is 10.2. The molecule has 1 saturated heterocycles. The first-order valence-electron chi connectivity index (χ1n) is 5.33. The molecular formula is C10H16N2O4. The smallest absolute Gasteiger partial charge is 0.323 e. The van der Waals surface area contributed by atoms with E-state index in [1.165, 1.54) is 4.90 Å². The van der Waals surface area contributed by atoms with Gasteiger partial charge in [0.1, 0.15) is 12.3 Å². The number of amides is 2. The summed E-state index contributed by atoms with van der Waals surface area (Å²) in [5, 5.41) is 21.2. The molecule has 1 unspecified atom stereocenters. The summed E-state index contributed by atoms with van der Waals surface area (Å²) in [4.78, 5) is 13.0. The van der Waals surface area contributed by atoms with Crippen LogP contribution in [0.25, 0.3) is 0 Å². The molecule has 2 aliphatic heterocycles. The Hall–Kier alpha value is -1.11. The number of nitrogens with one attached hydrogen (secondary N) is 1. The average molecular weight is 228 g/mol. The van der Waals surface area contributed by atoms with Crippen molar-refractivity contribution in [1.29, 1.82) is 0 Å². The predicted octanol–water partition coefficient (Wildman–Crippen LogP) is -0.618. The Bertz CT molecular complexity index is 307. The predicted molar refractivity (Wildman–Crippen MR) is 55.3 cm³/mol. The molecular weight excluding hydrogens is 212 g/mol. The summed E-state index contributed by atoms with van der Waals surface area (Å²) in [6, 6.07) is -0.241. The Morgan fingerprint density at radius 3 is 3.00 bits per heavy atom. The number of hydrogen-bond donors (Lipinski definition) is 3. The molecule has 2 rings (SSSR count). The van der Waals surface area contributed by atoms with Gasteiger partial charge in [-0.3, -0.25) is 4.90 Å². The maximum absolute atomic E-state index is 11.6. The molecule has 0 aliphatic carbocycles. The lowest BCUT2D eigenvalue weighted by molar-refractivity contribution is -0.0541. The van der Waals surface area contributed by atoms with Crippen LogP contribution in [0.2, 0.25) is 0 Å². The van der Waals surface area contributed by atoms with Crippen LogP contribution in [-0.2, 0) is 4.74 Å². The summed E-state index contributed by atoms with van der Waals surface area (Å²) in [6.45, 7) is 1.62. The minimum absolute atomic E-state index is 0.00344. The highest BCUT2D eigenvalue weighted by atomic mass is 16.5. The van der Waals surface area contributed by atoms with Crippen LogP contribution >= 0.6 is 0 Å². The van der Waals surface area contributed by atoms with Gasteiger partial charge < -0.3 is 20.3 Å². The molecule has 2 aliphatic rings. The van der Waals surface area contributed by atoms with E-state index in [2.05, 4.69) is 5.32 Å². The van der Waals surface area contributed by atoms with E-state index in [-0.39, 0.29) is 18.7 Å². The molecule has 4 atom stereocenters. The van der Waals surface area contributed by atoms with Gasteiger partial charge in [-0.25, -0.2) is 4.79 Å². The number of hydrogen-bond acceptors (Lipinski definition) is 4. The van der Waals surface area contributed by atoms with Crippen molar-refractivity contribution < 1.29 is 19.7 Å². The first-order chi connectivity index (χ1) is 7.61. The van der Waals surface area contributed by atoms with E-state index in [9.17, 15) is 9.90 Å². The van der Waals surface area contributed by atoms with Gasteiger partial charge in [0, 0.05) is 18.7 Å². The van der Waals surface area contributed by atoms with E-state index >= 15 is 0 Å². The fourth-order valence-electron chi connectivity index (χ4n) is 1.88. The molecule has 1 fully saturated rings. The van der Waals surface area contributed by atoms with Crippen LogP contribution in [-0.4, -0.2) is 52.2 Å². The average Bonchev–Trinajstić information content (AvgIpc) is 2.59. The van der Waals surface area contributed by atoms with Crippen LogP contribution in [0, 0.1) is 0 Å². The number of urea groups is 1. The number of aliphatic hydroxyl groups is 2. The van der Waals surface area contributed by atoms with Gasteiger partial charge >= 0.3 is 6.03 Å². The third kappa shape index (κ3) is 2.04. The molecule has 0 aromatic carbocycles. The Labute approximate surface area is 93.5 Å². The fourth-order valence-corrected chi connectivity index (χ4v) is 1.88. The lowest BCUT2D eigenvalue weighted by Crippen LogP contribution is -2.48. The van der Waals surface area contributed by atoms with Crippen molar-refractivity contribution in [3.05, 3.63) is 12.3 Å². The normalized spacial score (nSPS) is 38.9. The van der Waals surface area contributed by atoms with Crippen molar-refractivity contribution in [3.63, 3.8) is 0 Å². The van der Waals surface area contributed by atoms with Gasteiger partial charge in [0.05, 0.1) is 12.7 Å². The summed E-state index contributed by atoms with van der Waals surface area (Å²) in [5.41, 5.74) is 0. The third-order valence-electron chi connectivity index (χ3n) is 2.82. The number of carbonyl (C=O) groups excluding carboxylic acids is 1. The standard InChI is InChI=1S/C10H16N2O4/c1-6-2-3-12(10(15)11-6)9-4-7(14)8(5-13)16-9/h2-3,6-9,13-14H,4-5H2,1H3,(H,11,15)/t6?,7-,8+,9+/m0/s1. The molecule has 3 N–H and O–H groups in total. The van der Waals surface area contributed by atoms with Crippen molar-refractivity contribution in [2.75, 3.05) is 6.61 Å². The number of carbonyl (C=O) groups is 1. The number of aliphatic hydroxyl groups excluding tert-OH is 2. The molecule has 0 radical (unpaired) electrons. The van der Waals surface area contributed by atoms with E-state index in [0.29, 0.717) is 6.42 Å². The van der Waals surface area contributed by atoms with Crippen molar-refractivity contribution in [1.82, 2.24) is 10.2 Å². The van der Waals surface area contributed by atoms with Gasteiger partial charge in [0.2, 0.25) is 0 Å². The molecule has 0 aromatic heterocycles. The van der Waals surface area contributed by atoms with Gasteiger partial charge in [-0.2, -0.15) is 0 Å². The third-order valence-corrected chi connectivity index (χ3v) is 2.82. The van der Waals surface area contributed by atoms with E-state index in [0.717, 1.165) is 0 Å². The van der Waals surface area contributed by atoms with Crippen LogP contribution in [0.15, 0.2) is 12.3 Å². The van der Waals surface area contributed by atoms with Gasteiger partial charge in [-0.05, 0) is 13.0 Å². The lowest BCUT2D eigenvalue weighted by Gasteiger charge is -2.30. The monoisotopic (exact) mass is 228 g/mol. The quantitative estimate of drug-likeness (QED) is 0.588. The topological polar surface area (TPSA) is 82.0 Å². The highest BCUT2D eigenvalue weighted by Gasteiger charge is 2.38. The van der Waals surface area contributed by atoms with E-state index in [1.54, 1.807) is 6.20 Å². The molecule has 0 bridgehead atoms. The van der Waals surface area contributed by atoms with Crippen LogP contribution in [0.4, 0.5) is 4.79 Å². The zero-order chi connectivity index (χ0) is 11.7. The molecule has 2 heterocycles. The first-order valence-corrected chi connectivity index (χ1v) is 5.33. The minimum Gasteiger partial charge on any atom is -0.394 e. The Balaban J connectivity index is 2.04. The molecule has 0 spiro atoms. The second kappa shape index (κ2) is 4.40. The van der Waals surface area contributed by atoms with E-state index in [4.69, 9.17) is 9.84 Å². The van der Waals surface area contributed by atoms with Gasteiger partial charge in [-0.1, -0.05) is 0 Å². The second-order valence-corrected chi connectivity index (χ2v) is 4.10. The molecule has 0 aromatic rings. The number of ether oxygens (including phenoxy) is 1. The Morgan fingerprint density at radius 2 is 2.44 bits per heavy atom. The van der Waals surface area contributed by atoms with Gasteiger partial charge in [0.25, 0.3) is 0 Å². The maximum Gasteiger partial charge on any atom is 0.323 e. The van der Waals surface area contributed by atoms with E-state index in [1.807, 2.05) is 13.0 Å². The number of nitrogens with zero attached hydrogens (tertiary/aromatic N) is 1. The summed E-state index contributed by atoms with van der Waals surface area (Å²) >= 11 is 0. The molecule has 0 saturated carbocycles. The van der Waals surface area contributed by atoms with Crippen LogP contribution in [0.5, 0.6) is 0 Å². The maximum atomic E-state index is 11.6. The fraction of sp³-hybridized carbons (Fsp3) is 0.700. The first kappa shape index (κ1) is 11.4. The van der Waals surface area contributed by atoms with Crippen LogP contribution < -0.4 is 5.32 Å². The van der Waals surface area contributed by atoms with Crippen molar-refractivity contribution >= 4 is 6.03 Å². The molecule has 90 valence electrons. The highest BCUT2D eigenvalue weighted by molar-refractivity contribution is 5.77. The Kier molecular flexibility index (Phi) is 3.13. The van der Waals surface area contributed by atoms with Gasteiger partial charge in [0.15, 0.2) is 0 Å². The summed E-state index contributed by atoms with van der Waals surface area (Å²) in [5.74, 6) is 0. The highest BCUT2D eigenvalue weighted by Crippen LogP contribution is 2.24. The summed E-state index contributed by atoms with van der Waals surface area (Å²) in [7, 11) is 0. The molecule has 6 heteroatoms. The van der Waals surface area contributed by atoms with Crippen molar-refractivity contribution in [2.24, 2.45) is 0 Å². The molecule has 6 nitrogen and oxygen atoms in total. The zero-order valence-electron chi connectivity index (χ0n) is 9.04. The molecule has 16 heavy (non-hydrogen) atoms. The second-order valence-electron chi connectivity index (χ2n) is 4.10. The summed E-state index contributed by atoms with van der Waals surface area (Å²) < 4.78 is 5.38. The minimum atomic E-state index is -0.726. The number of rotatable bonds is 2. The molecule has 2 amide bonds. The van der Waals surface area contributed by atoms with Crippen molar-refractivity contribution in [2.45, 2.75) is 37.8 Å². The SMILES string of the molecule is CC1C=CN([C@H]2C[C@H](O)[C@@H](CO)O2)C(=O)N1. The van der Waals surface area contributed by atoms with E-state index < -0.39 is 18.4 Å². The largest absolute Gasteiger partial charge is 0.394 e. The summed E-state index contributed by atoms with van der Waals surface area (Å²) in [6.07, 6.45) is 1.97. The van der Waals surface area contributed by atoms with Crippen LogP contribution in [0.3, 0.4) is 0 Å². The van der Waals surface area contributed by atoms with Crippen molar-refractivity contribution in [3.8, 4) is 0 Å².